The predicted molar refractivity (Wildman–Crippen MR) is 74.5 cm³/mol. The molecule has 1 fully saturated rings. The first-order valence-corrected chi connectivity index (χ1v) is 8.54. The lowest BCUT2D eigenvalue weighted by molar-refractivity contribution is 0.392. The molecule has 1 unspecified atom stereocenters. The van der Waals surface area contributed by atoms with Crippen LogP contribution in [0.2, 0.25) is 0 Å². The maximum atomic E-state index is 11.8. The van der Waals surface area contributed by atoms with Crippen LogP contribution in [0.4, 0.5) is 0 Å². The molecule has 1 atom stereocenters. The van der Waals surface area contributed by atoms with E-state index in [1.54, 1.807) is 12.3 Å². The van der Waals surface area contributed by atoms with Gasteiger partial charge in [0.2, 0.25) is 10.0 Å². The van der Waals surface area contributed by atoms with Crippen LogP contribution in [0, 0.1) is 0 Å². The molecular weight excluding hydrogens is 264 g/mol. The highest BCUT2D eigenvalue weighted by Crippen LogP contribution is 2.10. The molecule has 1 aliphatic heterocycles. The summed E-state index contributed by atoms with van der Waals surface area (Å²) in [4.78, 5) is 0. The minimum atomic E-state index is -3.17. The lowest BCUT2D eigenvalue weighted by Gasteiger charge is -2.23. The highest BCUT2D eigenvalue weighted by molar-refractivity contribution is 7.89. The second-order valence-electron chi connectivity index (χ2n) is 4.98. The average Bonchev–Trinajstić information content (AvgIpc) is 2.91. The van der Waals surface area contributed by atoms with Gasteiger partial charge in [-0.05, 0) is 37.9 Å². The topological polar surface area (TPSA) is 71.3 Å². The fourth-order valence-corrected chi connectivity index (χ4v) is 3.48. The van der Waals surface area contributed by atoms with E-state index in [1.807, 2.05) is 6.07 Å². The smallest absolute Gasteiger partial charge is 0.211 e. The van der Waals surface area contributed by atoms with Crippen molar-refractivity contribution in [1.29, 1.82) is 0 Å². The van der Waals surface area contributed by atoms with Gasteiger partial charge in [-0.1, -0.05) is 6.42 Å². The number of sulfonamides is 1. The zero-order chi connectivity index (χ0) is 13.6. The Morgan fingerprint density at radius 1 is 1.42 bits per heavy atom. The lowest BCUT2D eigenvalue weighted by atomic mass is 10.0. The summed E-state index contributed by atoms with van der Waals surface area (Å²) in [6.07, 6.45) is 6.36. The molecule has 0 bridgehead atoms. The fourth-order valence-electron chi connectivity index (χ4n) is 2.32. The number of nitrogens with one attached hydrogen (secondary N) is 2. The second kappa shape index (κ2) is 7.07. The summed E-state index contributed by atoms with van der Waals surface area (Å²) in [5.74, 6) is 1.000. The summed E-state index contributed by atoms with van der Waals surface area (Å²) in [7, 11) is -3.17. The Morgan fingerprint density at radius 2 is 2.32 bits per heavy atom. The lowest BCUT2D eigenvalue weighted by Crippen LogP contribution is -2.37. The van der Waals surface area contributed by atoms with Gasteiger partial charge in [0.1, 0.15) is 5.76 Å². The fraction of sp³-hybridized carbons (Fsp3) is 0.692. The number of furan rings is 1. The van der Waals surface area contributed by atoms with Crippen LogP contribution in [0.15, 0.2) is 22.8 Å². The third-order valence-corrected chi connectivity index (χ3v) is 4.84. The van der Waals surface area contributed by atoms with Crippen LogP contribution >= 0.6 is 0 Å². The number of hydrogen-bond acceptors (Lipinski definition) is 4. The quantitative estimate of drug-likeness (QED) is 0.792. The van der Waals surface area contributed by atoms with E-state index in [0.717, 1.165) is 18.7 Å². The third kappa shape index (κ3) is 5.34. The van der Waals surface area contributed by atoms with E-state index in [9.17, 15) is 8.42 Å². The molecule has 5 nitrogen and oxygen atoms in total. The van der Waals surface area contributed by atoms with Crippen molar-refractivity contribution in [1.82, 2.24) is 10.0 Å². The molecule has 0 spiro atoms. The summed E-state index contributed by atoms with van der Waals surface area (Å²) in [5.41, 5.74) is 0. The van der Waals surface area contributed by atoms with Crippen molar-refractivity contribution in [2.45, 2.75) is 38.1 Å². The van der Waals surface area contributed by atoms with Gasteiger partial charge in [-0.3, -0.25) is 0 Å². The molecule has 1 aromatic rings. The van der Waals surface area contributed by atoms with Crippen LogP contribution in [0.1, 0.15) is 31.4 Å². The first kappa shape index (κ1) is 14.6. The van der Waals surface area contributed by atoms with Gasteiger partial charge in [0.25, 0.3) is 0 Å². The van der Waals surface area contributed by atoms with E-state index in [1.165, 1.54) is 12.8 Å². The van der Waals surface area contributed by atoms with Gasteiger partial charge in [-0.25, -0.2) is 13.1 Å². The summed E-state index contributed by atoms with van der Waals surface area (Å²) in [6, 6.07) is 4.01. The van der Waals surface area contributed by atoms with E-state index < -0.39 is 10.0 Å². The number of hydrogen-bond donors (Lipinski definition) is 2. The van der Waals surface area contributed by atoms with Crippen molar-refractivity contribution in [2.75, 3.05) is 18.8 Å². The van der Waals surface area contributed by atoms with Gasteiger partial charge in [0.15, 0.2) is 0 Å². The van der Waals surface area contributed by atoms with Crippen LogP contribution in [0.5, 0.6) is 0 Å². The molecule has 1 aromatic heterocycles. The Labute approximate surface area is 114 Å². The van der Waals surface area contributed by atoms with Crippen LogP contribution in [-0.4, -0.2) is 33.3 Å². The van der Waals surface area contributed by atoms with E-state index >= 15 is 0 Å². The van der Waals surface area contributed by atoms with Crippen LogP contribution in [0.25, 0.3) is 0 Å². The Hall–Kier alpha value is -0.850. The monoisotopic (exact) mass is 286 g/mol. The highest BCUT2D eigenvalue weighted by Gasteiger charge is 2.17. The van der Waals surface area contributed by atoms with Gasteiger partial charge in [0.05, 0.1) is 12.0 Å². The van der Waals surface area contributed by atoms with Crippen molar-refractivity contribution in [3.63, 3.8) is 0 Å². The van der Waals surface area contributed by atoms with Gasteiger partial charge in [0, 0.05) is 19.0 Å². The van der Waals surface area contributed by atoms with Gasteiger partial charge in [-0.2, -0.15) is 0 Å². The highest BCUT2D eigenvalue weighted by atomic mass is 32.2. The van der Waals surface area contributed by atoms with Crippen molar-refractivity contribution < 1.29 is 12.8 Å². The molecular formula is C13H22N2O3S. The molecule has 0 radical (unpaired) electrons. The van der Waals surface area contributed by atoms with Crippen LogP contribution in [0.3, 0.4) is 0 Å². The van der Waals surface area contributed by atoms with Crippen LogP contribution in [-0.2, 0) is 16.4 Å². The maximum Gasteiger partial charge on any atom is 0.211 e. The summed E-state index contributed by atoms with van der Waals surface area (Å²) < 4.78 is 31.4. The first-order valence-electron chi connectivity index (χ1n) is 6.89. The Bertz CT molecular complexity index is 450. The molecule has 6 heteroatoms. The Balaban J connectivity index is 1.66. The molecule has 2 heterocycles. The molecule has 0 aromatic carbocycles. The van der Waals surface area contributed by atoms with Gasteiger partial charge < -0.3 is 9.73 Å². The zero-order valence-corrected chi connectivity index (χ0v) is 11.9. The molecule has 1 saturated heterocycles. The van der Waals surface area contributed by atoms with E-state index in [2.05, 4.69) is 10.0 Å². The second-order valence-corrected chi connectivity index (χ2v) is 6.90. The van der Waals surface area contributed by atoms with E-state index in [0.29, 0.717) is 25.4 Å². The first-order chi connectivity index (χ1) is 9.16. The molecule has 2 N–H and O–H groups in total. The summed E-state index contributed by atoms with van der Waals surface area (Å²) in [5, 5.41) is 3.36. The minimum absolute atomic E-state index is 0.197. The maximum absolute atomic E-state index is 11.8. The van der Waals surface area contributed by atoms with Crippen molar-refractivity contribution >= 4 is 10.0 Å². The zero-order valence-electron chi connectivity index (χ0n) is 11.1. The van der Waals surface area contributed by atoms with E-state index in [4.69, 9.17) is 4.42 Å². The molecule has 0 saturated carbocycles. The standard InChI is InChI=1S/C13H22N2O3S/c16-19(17,11-7-12-4-1-2-8-14-12)15-9-6-13-5-3-10-18-13/h3,5,10,12,14-15H,1-2,4,6-9,11H2. The number of rotatable bonds is 7. The largest absolute Gasteiger partial charge is 0.469 e. The summed E-state index contributed by atoms with van der Waals surface area (Å²) in [6.45, 7) is 1.41. The van der Waals surface area contributed by atoms with E-state index in [-0.39, 0.29) is 5.75 Å². The molecule has 1 aliphatic rings. The van der Waals surface area contributed by atoms with Crippen molar-refractivity contribution in [2.24, 2.45) is 0 Å². The minimum Gasteiger partial charge on any atom is -0.469 e. The number of piperidine rings is 1. The summed E-state index contributed by atoms with van der Waals surface area (Å²) >= 11 is 0. The Kier molecular flexibility index (Phi) is 5.42. The van der Waals surface area contributed by atoms with Crippen LogP contribution < -0.4 is 10.0 Å². The third-order valence-electron chi connectivity index (χ3n) is 3.42. The molecule has 0 aliphatic carbocycles. The predicted octanol–water partition coefficient (Wildman–Crippen LogP) is 1.27. The molecule has 108 valence electrons. The molecule has 0 amide bonds. The van der Waals surface area contributed by atoms with Crippen molar-refractivity contribution in [3.05, 3.63) is 24.2 Å². The van der Waals surface area contributed by atoms with Crippen molar-refractivity contribution in [3.8, 4) is 0 Å². The molecule has 2 rings (SSSR count). The normalized spacial score (nSPS) is 20.5. The SMILES string of the molecule is O=S(=O)(CCC1CCCCN1)NCCc1ccco1. The van der Waals surface area contributed by atoms with Gasteiger partial charge in [-0.15, -0.1) is 0 Å². The Morgan fingerprint density at radius 3 is 3.00 bits per heavy atom. The molecule has 19 heavy (non-hydrogen) atoms. The average molecular weight is 286 g/mol. The van der Waals surface area contributed by atoms with Gasteiger partial charge >= 0.3 is 0 Å².